The summed E-state index contributed by atoms with van der Waals surface area (Å²) >= 11 is 0. The number of benzene rings is 6. The number of aliphatic hydroxyl groups is 1. The van der Waals surface area contributed by atoms with Crippen LogP contribution in [0.1, 0.15) is 96.9 Å². The molecule has 8 heterocycles. The molecule has 578 valence electrons. The van der Waals surface area contributed by atoms with Crippen LogP contribution in [0.2, 0.25) is 0 Å². The van der Waals surface area contributed by atoms with E-state index in [1.54, 1.807) is 29.4 Å². The molecule has 0 atom stereocenters. The molecule has 1 N–H and O–H groups in total. The number of para-hydroxylation sites is 2. The molecule has 5 aliphatic rings. The van der Waals surface area contributed by atoms with Gasteiger partial charge in [-0.3, -0.25) is 29.3 Å². The fraction of sp³-hybridized carbons (Fsp3) is 0.352. The summed E-state index contributed by atoms with van der Waals surface area (Å²) in [7, 11) is 0. The van der Waals surface area contributed by atoms with E-state index in [2.05, 4.69) is 41.9 Å². The molecule has 23 heteroatoms. The number of piperidine rings is 1. The van der Waals surface area contributed by atoms with Crippen molar-refractivity contribution in [3.63, 3.8) is 0 Å². The van der Waals surface area contributed by atoms with Gasteiger partial charge in [-0.1, -0.05) is 109 Å². The molecule has 23 nitrogen and oxygen atoms in total. The van der Waals surface area contributed by atoms with Crippen LogP contribution in [0.15, 0.2) is 189 Å². The number of aromatic nitrogens is 6. The van der Waals surface area contributed by atoms with Gasteiger partial charge in [-0.25, -0.2) is 39.5 Å². The molecule has 0 radical (unpaired) electrons. The molecule has 0 unspecified atom stereocenters. The third-order valence-corrected chi connectivity index (χ3v) is 19.7. The van der Waals surface area contributed by atoms with Crippen molar-refractivity contribution in [2.45, 2.75) is 99.4 Å². The highest BCUT2D eigenvalue weighted by atomic mass is 16.6. The molecule has 111 heavy (non-hydrogen) atoms. The molecule has 3 amide bonds. The Bertz CT molecular complexity index is 4670. The standard InChI is InChI=1S/C32H38N4O5.C31H36N4O5.C25H25N3O2/c1-23-6-5-7-24(2)31(23)41-32(38)36-14-3-4-18-39-22-26-20-25(21-29-33-13-10-30(36)34-29)8-9-28(26)40-19-17-35-15-11-27(37)12-16-35;1-23-6-5-7-24(2)30(23)40-31(36)35-12-3-4-16-38-22-26-20-25(21-28-32-11-10-29(35)33-28)8-9-27(26)39-19-15-34-13-17-37-18-14-34;1-18-7-5-8-19(2)23(18)16-25(29)28-11-3-4-12-30-22-10-6-9-20(14-22)13-21-15-24(28)27-17-26-21/h3-10,13,20,27,37H,11-12,14-19,21-22H2,1-2H3;3-11,20H,12-19,21-22H2,1-2H3;3-10,14-15,17H,11-13,16H2,1-2H3/b3*4-3-. The van der Waals surface area contributed by atoms with E-state index in [0.29, 0.717) is 119 Å². The van der Waals surface area contributed by atoms with Gasteiger partial charge in [0.05, 0.1) is 57.9 Å². The van der Waals surface area contributed by atoms with E-state index in [4.69, 9.17) is 47.9 Å². The van der Waals surface area contributed by atoms with Gasteiger partial charge in [0, 0.05) is 108 Å². The lowest BCUT2D eigenvalue weighted by Crippen LogP contribution is -2.38. The number of amides is 3. The molecular weight excluding hydrogens is 1400 g/mol. The Balaban J connectivity index is 0.000000157. The second kappa shape index (κ2) is 40.1. The van der Waals surface area contributed by atoms with E-state index < -0.39 is 12.2 Å². The van der Waals surface area contributed by atoms with Gasteiger partial charge >= 0.3 is 12.2 Å². The van der Waals surface area contributed by atoms with Crippen molar-refractivity contribution in [2.24, 2.45) is 0 Å². The number of fused-ring (bicyclic) bond motifs is 12. The first-order valence-corrected chi connectivity index (χ1v) is 38.1. The molecule has 3 aromatic heterocycles. The summed E-state index contributed by atoms with van der Waals surface area (Å²) in [6, 6.07) is 43.2. The minimum atomic E-state index is -0.505. The number of hydrogen-bond acceptors (Lipinski definition) is 20. The van der Waals surface area contributed by atoms with Gasteiger partial charge < -0.3 is 43.0 Å². The third-order valence-electron chi connectivity index (χ3n) is 19.7. The molecular formula is C88H99N11O12. The monoisotopic (exact) mass is 1500 g/mol. The summed E-state index contributed by atoms with van der Waals surface area (Å²) in [6.07, 6.45) is 18.8. The Hall–Kier alpha value is -11.1. The highest BCUT2D eigenvalue weighted by Gasteiger charge is 2.26. The highest BCUT2D eigenvalue weighted by Crippen LogP contribution is 2.30. The highest BCUT2D eigenvalue weighted by molar-refractivity contribution is 5.94. The largest absolute Gasteiger partial charge is 0.492 e. The van der Waals surface area contributed by atoms with E-state index in [0.717, 1.165) is 155 Å². The lowest BCUT2D eigenvalue weighted by atomic mass is 9.99. The predicted molar refractivity (Wildman–Crippen MR) is 427 cm³/mol. The van der Waals surface area contributed by atoms with Crippen LogP contribution in [0, 0.1) is 41.5 Å². The first-order valence-electron chi connectivity index (χ1n) is 38.1. The van der Waals surface area contributed by atoms with Crippen molar-refractivity contribution in [3.05, 3.63) is 273 Å². The Kier molecular flexibility index (Phi) is 28.7. The van der Waals surface area contributed by atoms with Gasteiger partial charge in [-0.15, -0.1) is 0 Å². The predicted octanol–water partition coefficient (Wildman–Crippen LogP) is 13.3. The van der Waals surface area contributed by atoms with Crippen LogP contribution in [0.5, 0.6) is 28.7 Å². The van der Waals surface area contributed by atoms with Gasteiger partial charge in [0.15, 0.2) is 0 Å². The molecule has 2 saturated heterocycles. The summed E-state index contributed by atoms with van der Waals surface area (Å²) in [4.78, 5) is 76.6. The number of aryl methyl sites for hydroxylation is 6. The number of carbonyl (C=O) groups excluding carboxylic acids is 3. The summed E-state index contributed by atoms with van der Waals surface area (Å²) in [6.45, 7) is 22.9. The van der Waals surface area contributed by atoms with Crippen molar-refractivity contribution in [1.29, 1.82) is 0 Å². The van der Waals surface area contributed by atoms with Crippen molar-refractivity contribution in [3.8, 4) is 28.7 Å². The zero-order valence-electron chi connectivity index (χ0n) is 64.3. The van der Waals surface area contributed by atoms with E-state index in [1.165, 1.54) is 16.1 Å². The number of anilines is 3. The normalized spacial score (nSPS) is 16.6. The summed E-state index contributed by atoms with van der Waals surface area (Å²) in [5.41, 5.74) is 12.9. The van der Waals surface area contributed by atoms with Crippen LogP contribution in [0.25, 0.3) is 0 Å². The first-order chi connectivity index (χ1) is 54.1. The van der Waals surface area contributed by atoms with Crippen molar-refractivity contribution in [2.75, 3.05) is 120 Å². The van der Waals surface area contributed by atoms with Gasteiger partial charge in [0.1, 0.15) is 84.0 Å². The SMILES string of the molecule is Cc1cccc(C)c1CC(=O)N1C/C=C\COc2cccc(c2)Cc2cc1ncn2.Cc1cccc(C)c1OC(=O)N1C/C=C\COCc2cc(ccc2OCCN2CCC(O)CC2)Cc2nccc1n2.Cc1cccc(C)c1OC(=O)N1C/C=C\COCc2cc(ccc2OCCN2CCOCC2)Cc2nccc1n2. The van der Waals surface area contributed by atoms with Crippen LogP contribution in [0.3, 0.4) is 0 Å². The van der Waals surface area contributed by atoms with Gasteiger partial charge in [0.25, 0.3) is 0 Å². The average Bonchev–Trinajstić information content (AvgIpc) is 1.25. The Morgan fingerprint density at radius 3 is 1.50 bits per heavy atom. The second-order valence-electron chi connectivity index (χ2n) is 28.0. The molecule has 0 spiro atoms. The third kappa shape index (κ3) is 23.0. The van der Waals surface area contributed by atoms with Crippen LogP contribution in [-0.4, -0.2) is 174 Å². The lowest BCUT2D eigenvalue weighted by molar-refractivity contribution is -0.117. The maximum atomic E-state index is 13.3. The number of morpholine rings is 1. The van der Waals surface area contributed by atoms with E-state index in [-0.39, 0.29) is 25.1 Å². The number of hydrogen-bond donors (Lipinski definition) is 1. The van der Waals surface area contributed by atoms with E-state index >= 15 is 0 Å². The molecule has 0 aliphatic carbocycles. The molecule has 6 aromatic carbocycles. The van der Waals surface area contributed by atoms with Crippen LogP contribution in [-0.2, 0) is 57.9 Å². The molecule has 14 rings (SSSR count). The molecule has 12 bridgehead atoms. The lowest BCUT2D eigenvalue weighted by Gasteiger charge is -2.29. The topological polar surface area (TPSA) is 239 Å². The summed E-state index contributed by atoms with van der Waals surface area (Å²) in [5, 5.41) is 9.74. The number of ether oxygens (including phenoxy) is 8. The van der Waals surface area contributed by atoms with Crippen LogP contribution in [0.4, 0.5) is 27.0 Å². The average molecular weight is 1500 g/mol. The molecule has 9 aromatic rings. The van der Waals surface area contributed by atoms with Crippen molar-refractivity contribution < 1.29 is 57.4 Å². The zero-order chi connectivity index (χ0) is 77.3. The van der Waals surface area contributed by atoms with Gasteiger partial charge in [0.2, 0.25) is 5.91 Å². The Morgan fingerprint density at radius 2 is 0.964 bits per heavy atom. The van der Waals surface area contributed by atoms with Crippen molar-refractivity contribution in [1.82, 2.24) is 39.7 Å². The molecule has 2 fully saturated rings. The summed E-state index contributed by atoms with van der Waals surface area (Å²) < 4.78 is 47.2. The number of nitrogens with zero attached hydrogens (tertiary/aromatic N) is 11. The Morgan fingerprint density at radius 1 is 0.477 bits per heavy atom. The minimum absolute atomic E-state index is 0.0121. The van der Waals surface area contributed by atoms with Crippen molar-refractivity contribution >= 4 is 35.5 Å². The van der Waals surface area contributed by atoms with Crippen LogP contribution < -0.4 is 38.4 Å². The summed E-state index contributed by atoms with van der Waals surface area (Å²) in [5.74, 6) is 6.37. The number of likely N-dealkylation sites (tertiary alicyclic amines) is 1. The maximum Gasteiger partial charge on any atom is 0.421 e. The maximum absolute atomic E-state index is 13.3. The molecule has 5 aliphatic heterocycles. The number of aliphatic hydroxyl groups excluding tert-OH is 1. The van der Waals surface area contributed by atoms with E-state index in [1.807, 2.05) is 187 Å². The van der Waals surface area contributed by atoms with Gasteiger partial charge in [-0.05, 0) is 165 Å². The number of carbonyl (C=O) groups is 3. The number of rotatable bonds is 12. The quantitative estimate of drug-likeness (QED) is 0.112. The Labute approximate surface area is 650 Å². The van der Waals surface area contributed by atoms with E-state index in [9.17, 15) is 19.5 Å². The van der Waals surface area contributed by atoms with Gasteiger partial charge in [-0.2, -0.15) is 0 Å². The minimum Gasteiger partial charge on any atom is -0.492 e. The fourth-order valence-corrected chi connectivity index (χ4v) is 13.5. The molecule has 0 saturated carbocycles. The second-order valence-corrected chi connectivity index (χ2v) is 28.0. The first kappa shape index (κ1) is 79.5. The van der Waals surface area contributed by atoms with Crippen LogP contribution >= 0.6 is 0 Å². The zero-order valence-corrected chi connectivity index (χ0v) is 64.3. The smallest absolute Gasteiger partial charge is 0.421 e. The fourth-order valence-electron chi connectivity index (χ4n) is 13.5.